The minimum Gasteiger partial charge on any atom is -0.352 e. The van der Waals surface area contributed by atoms with Crippen molar-refractivity contribution < 1.29 is 13.3 Å². The first-order valence-corrected chi connectivity index (χ1v) is 11.0. The molecule has 1 fully saturated rings. The first-order valence-electron chi connectivity index (χ1n) is 9.55. The molecule has 156 valence electrons. The second-order valence-electron chi connectivity index (χ2n) is 7.09. The molecule has 10 heteroatoms. The molecule has 0 bridgehead atoms. The van der Waals surface area contributed by atoms with E-state index in [1.165, 1.54) is 16.4 Å². The smallest absolute Gasteiger partial charge is 0.270 e. The van der Waals surface area contributed by atoms with E-state index < -0.39 is 14.9 Å². The van der Waals surface area contributed by atoms with E-state index in [2.05, 4.69) is 10.4 Å². The number of nitrogens with one attached hydrogen (secondary N) is 1. The van der Waals surface area contributed by atoms with Crippen LogP contribution < -0.4 is 5.32 Å². The number of nitrogens with zero attached hydrogens (tertiary/aromatic N) is 4. The molecule has 2 aromatic carbocycles. The summed E-state index contributed by atoms with van der Waals surface area (Å²) in [5, 5.41) is 18.6. The number of nitro groups is 1. The molecule has 1 N–H and O–H groups in total. The van der Waals surface area contributed by atoms with Gasteiger partial charge in [-0.05, 0) is 24.5 Å². The monoisotopic (exact) mass is 427 g/mol. The van der Waals surface area contributed by atoms with Crippen molar-refractivity contribution in [3.8, 4) is 0 Å². The molecule has 30 heavy (non-hydrogen) atoms. The zero-order chi connectivity index (χ0) is 21.1. The van der Waals surface area contributed by atoms with Crippen molar-refractivity contribution in [2.45, 2.75) is 24.3 Å². The molecular weight excluding hydrogens is 406 g/mol. The Bertz CT molecular complexity index is 1150. The van der Waals surface area contributed by atoms with Gasteiger partial charge < -0.3 is 5.32 Å². The zero-order valence-electron chi connectivity index (χ0n) is 16.1. The normalized spacial score (nSPS) is 14.7. The van der Waals surface area contributed by atoms with Gasteiger partial charge in [-0.3, -0.25) is 14.8 Å². The van der Waals surface area contributed by atoms with E-state index in [-0.39, 0.29) is 16.3 Å². The lowest BCUT2D eigenvalue weighted by molar-refractivity contribution is -0.385. The van der Waals surface area contributed by atoms with Gasteiger partial charge in [-0.2, -0.15) is 9.40 Å². The molecule has 0 spiro atoms. The lowest BCUT2D eigenvalue weighted by Crippen LogP contribution is -2.28. The fourth-order valence-electron chi connectivity index (χ4n) is 3.45. The highest BCUT2D eigenvalue weighted by Gasteiger charge is 2.31. The number of hydrogen-bond donors (Lipinski definition) is 1. The van der Waals surface area contributed by atoms with Crippen molar-refractivity contribution in [3.05, 3.63) is 76.6 Å². The Labute approximate surface area is 174 Å². The van der Waals surface area contributed by atoms with Gasteiger partial charge in [0.2, 0.25) is 10.0 Å². The van der Waals surface area contributed by atoms with Crippen LogP contribution >= 0.6 is 0 Å². The molecule has 0 amide bonds. The van der Waals surface area contributed by atoms with E-state index in [0.29, 0.717) is 25.3 Å². The van der Waals surface area contributed by atoms with Gasteiger partial charge in [-0.15, -0.1) is 0 Å². The van der Waals surface area contributed by atoms with E-state index in [1.807, 2.05) is 30.3 Å². The average Bonchev–Trinajstić information content (AvgIpc) is 3.42. The Morgan fingerprint density at radius 3 is 2.53 bits per heavy atom. The molecule has 2 heterocycles. The Kier molecular flexibility index (Phi) is 5.51. The Morgan fingerprint density at radius 1 is 1.10 bits per heavy atom. The average molecular weight is 427 g/mol. The molecule has 4 rings (SSSR count). The number of aromatic nitrogens is 2. The molecule has 0 saturated carbocycles. The topological polar surface area (TPSA) is 110 Å². The largest absolute Gasteiger partial charge is 0.352 e. The molecule has 9 nitrogen and oxygen atoms in total. The summed E-state index contributed by atoms with van der Waals surface area (Å²) in [6.45, 7) is 1.40. The highest BCUT2D eigenvalue weighted by atomic mass is 32.2. The molecule has 0 atom stereocenters. The van der Waals surface area contributed by atoms with Crippen LogP contribution in [0.15, 0.2) is 65.8 Å². The van der Waals surface area contributed by atoms with Gasteiger partial charge in [-0.1, -0.05) is 30.3 Å². The number of sulfonamides is 1. The molecule has 0 radical (unpaired) electrons. The molecule has 1 saturated heterocycles. The van der Waals surface area contributed by atoms with Crippen LogP contribution in [0, 0.1) is 10.1 Å². The van der Waals surface area contributed by atoms with E-state index in [1.54, 1.807) is 17.1 Å². The van der Waals surface area contributed by atoms with Crippen LogP contribution in [0.1, 0.15) is 18.4 Å². The third-order valence-corrected chi connectivity index (χ3v) is 6.90. The van der Waals surface area contributed by atoms with Crippen molar-refractivity contribution >= 4 is 27.1 Å². The Balaban J connectivity index is 1.63. The van der Waals surface area contributed by atoms with Crippen LogP contribution in [0.5, 0.6) is 0 Å². The quantitative estimate of drug-likeness (QED) is 0.457. The molecular formula is C20H21N5O4S. The van der Waals surface area contributed by atoms with Crippen molar-refractivity contribution in [1.82, 2.24) is 14.1 Å². The lowest BCUT2D eigenvalue weighted by Gasteiger charge is -2.18. The van der Waals surface area contributed by atoms with Crippen LogP contribution in [-0.2, 0) is 16.6 Å². The third kappa shape index (κ3) is 4.19. The minimum atomic E-state index is -3.85. The van der Waals surface area contributed by atoms with Gasteiger partial charge in [-0.25, -0.2) is 8.42 Å². The van der Waals surface area contributed by atoms with Crippen LogP contribution in [0.2, 0.25) is 0 Å². The minimum absolute atomic E-state index is 0.102. The number of nitro benzene ring substituents is 1. The van der Waals surface area contributed by atoms with E-state index >= 15 is 0 Å². The molecule has 1 aliphatic rings. The fraction of sp³-hybridized carbons (Fsp3) is 0.250. The van der Waals surface area contributed by atoms with Crippen molar-refractivity contribution in [2.75, 3.05) is 18.4 Å². The third-order valence-electron chi connectivity index (χ3n) is 4.96. The van der Waals surface area contributed by atoms with Crippen LogP contribution in [0.3, 0.4) is 0 Å². The molecule has 1 aromatic heterocycles. The van der Waals surface area contributed by atoms with Gasteiger partial charge in [0, 0.05) is 31.4 Å². The van der Waals surface area contributed by atoms with Gasteiger partial charge in [0.25, 0.3) is 5.69 Å². The molecule has 1 aliphatic heterocycles. The highest BCUT2D eigenvalue weighted by molar-refractivity contribution is 7.89. The number of benzene rings is 2. The predicted octanol–water partition coefficient (Wildman–Crippen LogP) is 3.37. The maximum absolute atomic E-state index is 13.1. The van der Waals surface area contributed by atoms with Crippen molar-refractivity contribution in [3.63, 3.8) is 0 Å². The lowest BCUT2D eigenvalue weighted by atomic mass is 10.2. The summed E-state index contributed by atoms with van der Waals surface area (Å²) < 4.78 is 29.3. The standard InChI is InChI=1S/C20H21N5O4S/c26-25(27)18-8-9-19(20(12-18)30(28,29)24-10-4-5-11-24)22-17-13-21-23(15-17)14-16-6-2-1-3-7-16/h1-3,6-9,12-13,15,22H,4-5,10-11,14H2. The second-order valence-corrected chi connectivity index (χ2v) is 8.99. The predicted molar refractivity (Wildman–Crippen MR) is 112 cm³/mol. The number of rotatable bonds is 7. The van der Waals surface area contributed by atoms with Crippen LogP contribution in [0.25, 0.3) is 0 Å². The Hall–Kier alpha value is -3.24. The van der Waals surface area contributed by atoms with Gasteiger partial charge in [0.05, 0.1) is 29.0 Å². The van der Waals surface area contributed by atoms with E-state index in [4.69, 9.17) is 0 Å². The summed E-state index contributed by atoms with van der Waals surface area (Å²) in [4.78, 5) is 10.5. The summed E-state index contributed by atoms with van der Waals surface area (Å²) in [6.07, 6.45) is 4.92. The summed E-state index contributed by atoms with van der Waals surface area (Å²) in [6, 6.07) is 13.7. The summed E-state index contributed by atoms with van der Waals surface area (Å²) in [5.74, 6) is 0. The summed E-state index contributed by atoms with van der Waals surface area (Å²) in [7, 11) is -3.85. The van der Waals surface area contributed by atoms with E-state index in [9.17, 15) is 18.5 Å². The molecule has 0 aliphatic carbocycles. The first kappa shape index (κ1) is 20.0. The zero-order valence-corrected chi connectivity index (χ0v) is 17.0. The maximum Gasteiger partial charge on any atom is 0.270 e. The Morgan fingerprint density at radius 2 is 1.83 bits per heavy atom. The van der Waals surface area contributed by atoms with E-state index in [0.717, 1.165) is 24.5 Å². The summed E-state index contributed by atoms with van der Waals surface area (Å²) in [5.41, 5.74) is 1.70. The maximum atomic E-state index is 13.1. The van der Waals surface area contributed by atoms with Crippen molar-refractivity contribution in [1.29, 1.82) is 0 Å². The van der Waals surface area contributed by atoms with Crippen LogP contribution in [-0.4, -0.2) is 40.5 Å². The van der Waals surface area contributed by atoms with Gasteiger partial charge in [0.15, 0.2) is 0 Å². The first-order chi connectivity index (χ1) is 14.4. The summed E-state index contributed by atoms with van der Waals surface area (Å²) >= 11 is 0. The molecule has 3 aromatic rings. The fourth-order valence-corrected chi connectivity index (χ4v) is 5.13. The number of hydrogen-bond acceptors (Lipinski definition) is 6. The number of anilines is 2. The van der Waals surface area contributed by atoms with Crippen molar-refractivity contribution in [2.24, 2.45) is 0 Å². The van der Waals surface area contributed by atoms with Gasteiger partial charge >= 0.3 is 0 Å². The second kappa shape index (κ2) is 8.25. The van der Waals surface area contributed by atoms with Gasteiger partial charge in [0.1, 0.15) is 4.90 Å². The number of non-ortho nitro benzene ring substituents is 1. The molecule has 0 unspecified atom stereocenters. The highest BCUT2D eigenvalue weighted by Crippen LogP contribution is 2.32. The SMILES string of the molecule is O=[N+]([O-])c1ccc(Nc2cnn(Cc3ccccc3)c2)c(S(=O)(=O)N2CCCC2)c1. The van der Waals surface area contributed by atoms with Crippen LogP contribution in [0.4, 0.5) is 17.1 Å².